The lowest BCUT2D eigenvalue weighted by molar-refractivity contribution is 0.587. The van der Waals surface area contributed by atoms with Gasteiger partial charge in [-0.15, -0.1) is 0 Å². The van der Waals surface area contributed by atoms with Gasteiger partial charge in [-0.05, 0) is 42.8 Å². The molecule has 0 saturated carbocycles. The maximum absolute atomic E-state index is 13.3. The molecule has 0 aliphatic carbocycles. The molecule has 1 unspecified atom stereocenters. The number of likely N-dealkylation sites (N-methyl/N-ethyl adjacent to an activating group) is 1. The second-order valence-corrected chi connectivity index (χ2v) is 5.10. The van der Waals surface area contributed by atoms with E-state index in [9.17, 15) is 4.39 Å². The number of nitrogens with one attached hydrogen (secondary N) is 1. The smallest absolute Gasteiger partial charge is 0.123 e. The highest BCUT2D eigenvalue weighted by atomic mass is 19.1. The van der Waals surface area contributed by atoms with Crippen LogP contribution in [0.25, 0.3) is 10.9 Å². The summed E-state index contributed by atoms with van der Waals surface area (Å²) in [6, 6.07) is 17.0. The van der Waals surface area contributed by atoms with Crippen LogP contribution in [0.2, 0.25) is 0 Å². The second kappa shape index (κ2) is 6.02. The summed E-state index contributed by atoms with van der Waals surface area (Å²) in [5.41, 5.74) is 3.11. The molecule has 3 heteroatoms. The predicted octanol–water partition coefficient (Wildman–Crippen LogP) is 3.88. The minimum absolute atomic E-state index is 0.102. The highest BCUT2D eigenvalue weighted by Gasteiger charge is 2.14. The highest BCUT2D eigenvalue weighted by Crippen LogP contribution is 2.25. The van der Waals surface area contributed by atoms with Gasteiger partial charge in [-0.3, -0.25) is 4.98 Å². The third kappa shape index (κ3) is 2.93. The number of nitrogens with zero attached hydrogens (tertiary/aromatic N) is 1. The van der Waals surface area contributed by atoms with Crippen LogP contribution in [0.1, 0.15) is 17.2 Å². The van der Waals surface area contributed by atoms with Gasteiger partial charge in [-0.25, -0.2) is 4.39 Å². The molecule has 0 aliphatic heterocycles. The lowest BCUT2D eigenvalue weighted by Gasteiger charge is -2.18. The molecule has 3 aromatic rings. The van der Waals surface area contributed by atoms with Gasteiger partial charge in [0.1, 0.15) is 5.82 Å². The Morgan fingerprint density at radius 1 is 1.10 bits per heavy atom. The van der Waals surface area contributed by atoms with Gasteiger partial charge < -0.3 is 5.32 Å². The van der Waals surface area contributed by atoms with Crippen molar-refractivity contribution >= 4 is 10.9 Å². The Morgan fingerprint density at radius 2 is 1.90 bits per heavy atom. The van der Waals surface area contributed by atoms with Crippen LogP contribution >= 0.6 is 0 Å². The molecule has 0 amide bonds. The molecule has 1 N–H and O–H groups in total. The van der Waals surface area contributed by atoms with E-state index in [1.807, 2.05) is 25.2 Å². The third-order valence-electron chi connectivity index (χ3n) is 3.72. The zero-order chi connectivity index (χ0) is 14.7. The van der Waals surface area contributed by atoms with Crippen LogP contribution in [0.4, 0.5) is 4.39 Å². The number of aromatic nitrogens is 1. The summed E-state index contributed by atoms with van der Waals surface area (Å²) in [4.78, 5) is 4.50. The van der Waals surface area contributed by atoms with E-state index >= 15 is 0 Å². The van der Waals surface area contributed by atoms with Crippen molar-refractivity contribution in [1.82, 2.24) is 10.3 Å². The first-order chi connectivity index (χ1) is 10.3. The van der Waals surface area contributed by atoms with E-state index in [-0.39, 0.29) is 11.9 Å². The van der Waals surface area contributed by atoms with Gasteiger partial charge in [-0.1, -0.05) is 36.4 Å². The summed E-state index contributed by atoms with van der Waals surface area (Å²) in [7, 11) is 1.92. The minimum Gasteiger partial charge on any atom is -0.313 e. The molecular weight excluding hydrogens is 263 g/mol. The molecule has 0 fully saturated rings. The first-order valence-corrected chi connectivity index (χ1v) is 7.03. The number of benzene rings is 2. The van der Waals surface area contributed by atoms with E-state index in [1.165, 1.54) is 6.07 Å². The van der Waals surface area contributed by atoms with Crippen LogP contribution in [-0.4, -0.2) is 12.0 Å². The van der Waals surface area contributed by atoms with Gasteiger partial charge in [0.05, 0.1) is 5.52 Å². The van der Waals surface area contributed by atoms with E-state index in [2.05, 4.69) is 28.5 Å². The average molecular weight is 280 g/mol. The van der Waals surface area contributed by atoms with Crippen LogP contribution in [0.15, 0.2) is 60.8 Å². The number of fused-ring (bicyclic) bond motifs is 1. The predicted molar refractivity (Wildman–Crippen MR) is 83.6 cm³/mol. The van der Waals surface area contributed by atoms with Crippen LogP contribution in [0, 0.1) is 5.82 Å². The molecular formula is C18H17FN2. The topological polar surface area (TPSA) is 24.9 Å². The van der Waals surface area contributed by atoms with Crippen molar-refractivity contribution in [2.45, 2.75) is 12.5 Å². The van der Waals surface area contributed by atoms with Gasteiger partial charge in [0.2, 0.25) is 0 Å². The van der Waals surface area contributed by atoms with Crippen LogP contribution in [0.3, 0.4) is 0 Å². The summed E-state index contributed by atoms with van der Waals surface area (Å²) in [5.74, 6) is -0.196. The molecule has 21 heavy (non-hydrogen) atoms. The van der Waals surface area contributed by atoms with Crippen molar-refractivity contribution in [1.29, 1.82) is 0 Å². The van der Waals surface area contributed by atoms with Crippen molar-refractivity contribution < 1.29 is 4.39 Å². The fourth-order valence-electron chi connectivity index (χ4n) is 2.68. The number of hydrogen-bond acceptors (Lipinski definition) is 2. The Morgan fingerprint density at radius 3 is 2.71 bits per heavy atom. The SMILES string of the molecule is CNC(Cc1cccc(F)c1)c1cccc2cccnc12. The maximum Gasteiger partial charge on any atom is 0.123 e. The van der Waals surface area contributed by atoms with Crippen molar-refractivity contribution in [3.8, 4) is 0 Å². The molecule has 3 rings (SSSR count). The molecule has 1 atom stereocenters. The fourth-order valence-corrected chi connectivity index (χ4v) is 2.68. The summed E-state index contributed by atoms with van der Waals surface area (Å²) in [5, 5.41) is 4.44. The number of hydrogen-bond donors (Lipinski definition) is 1. The van der Waals surface area contributed by atoms with Gasteiger partial charge in [0.15, 0.2) is 0 Å². The van der Waals surface area contributed by atoms with Crippen molar-refractivity contribution in [3.05, 3.63) is 77.7 Å². The van der Waals surface area contributed by atoms with E-state index in [0.717, 1.165) is 28.5 Å². The minimum atomic E-state index is -0.196. The first kappa shape index (κ1) is 13.7. The van der Waals surface area contributed by atoms with E-state index in [4.69, 9.17) is 0 Å². The number of rotatable bonds is 4. The molecule has 1 aromatic heterocycles. The van der Waals surface area contributed by atoms with E-state index in [0.29, 0.717) is 0 Å². The summed E-state index contributed by atoms with van der Waals surface area (Å²) >= 11 is 0. The Labute approximate surface area is 123 Å². The Balaban J connectivity index is 1.98. The van der Waals surface area contributed by atoms with E-state index in [1.54, 1.807) is 18.3 Å². The summed E-state index contributed by atoms with van der Waals surface area (Å²) < 4.78 is 13.3. The van der Waals surface area contributed by atoms with Crippen molar-refractivity contribution in [3.63, 3.8) is 0 Å². The molecule has 0 spiro atoms. The summed E-state index contributed by atoms with van der Waals surface area (Å²) in [6.07, 6.45) is 2.53. The molecule has 2 aromatic carbocycles. The van der Waals surface area contributed by atoms with Gasteiger partial charge >= 0.3 is 0 Å². The highest BCUT2D eigenvalue weighted by molar-refractivity contribution is 5.82. The van der Waals surface area contributed by atoms with Crippen LogP contribution < -0.4 is 5.32 Å². The largest absolute Gasteiger partial charge is 0.313 e. The first-order valence-electron chi connectivity index (χ1n) is 7.03. The molecule has 106 valence electrons. The van der Waals surface area contributed by atoms with Crippen molar-refractivity contribution in [2.75, 3.05) is 7.05 Å². The lowest BCUT2D eigenvalue weighted by Crippen LogP contribution is -2.19. The quantitative estimate of drug-likeness (QED) is 0.784. The van der Waals surface area contributed by atoms with Gasteiger partial charge in [0.25, 0.3) is 0 Å². The molecule has 1 heterocycles. The number of halogens is 1. The maximum atomic E-state index is 13.3. The van der Waals surface area contributed by atoms with Gasteiger partial charge in [-0.2, -0.15) is 0 Å². The standard InChI is InChI=1S/C18H17FN2/c1-20-17(12-13-5-2-8-15(19)11-13)16-9-3-6-14-7-4-10-21-18(14)16/h2-11,17,20H,12H2,1H3. The normalized spacial score (nSPS) is 12.5. The molecule has 0 bridgehead atoms. The average Bonchev–Trinajstić information content (AvgIpc) is 2.52. The van der Waals surface area contributed by atoms with Gasteiger partial charge in [0, 0.05) is 17.6 Å². The Kier molecular flexibility index (Phi) is 3.93. The third-order valence-corrected chi connectivity index (χ3v) is 3.72. The zero-order valence-electron chi connectivity index (χ0n) is 11.9. The second-order valence-electron chi connectivity index (χ2n) is 5.10. The number of pyridine rings is 1. The number of para-hydroxylation sites is 1. The Bertz CT molecular complexity index is 750. The van der Waals surface area contributed by atoms with Crippen LogP contribution in [0.5, 0.6) is 0 Å². The lowest BCUT2D eigenvalue weighted by atomic mass is 9.96. The monoisotopic (exact) mass is 280 g/mol. The molecule has 2 nitrogen and oxygen atoms in total. The molecule has 0 aliphatic rings. The molecule has 0 saturated heterocycles. The zero-order valence-corrected chi connectivity index (χ0v) is 11.9. The Hall–Kier alpha value is -2.26. The van der Waals surface area contributed by atoms with E-state index < -0.39 is 0 Å². The summed E-state index contributed by atoms with van der Waals surface area (Å²) in [6.45, 7) is 0. The fraction of sp³-hybridized carbons (Fsp3) is 0.167. The van der Waals surface area contributed by atoms with Crippen LogP contribution in [-0.2, 0) is 6.42 Å². The molecule has 0 radical (unpaired) electrons. The van der Waals surface area contributed by atoms with Crippen molar-refractivity contribution in [2.24, 2.45) is 0 Å².